The molecule has 42 valence electrons. The quantitative estimate of drug-likeness (QED) is 0.421. The van der Waals surface area contributed by atoms with Gasteiger partial charge in [-0.1, -0.05) is 0 Å². The third-order valence-electron chi connectivity index (χ3n) is 0.655. The molecule has 0 bridgehead atoms. The second-order valence-electron chi connectivity index (χ2n) is 1.29. The molecule has 0 saturated carbocycles. The number of carboxylic acid groups (broad SMARTS) is 1. The zero-order chi connectivity index (χ0) is 6.57. The molecule has 0 aliphatic carbocycles. The van der Waals surface area contributed by atoms with Crippen molar-refractivity contribution in [2.75, 3.05) is 0 Å². The van der Waals surface area contributed by atoms with Crippen molar-refractivity contribution in [2.45, 2.75) is 6.92 Å². The predicted octanol–water partition coefficient (Wildman–Crippen LogP) is 0.0245. The molecular formula is C4H5AlO3. The van der Waals surface area contributed by atoms with Crippen molar-refractivity contribution in [1.82, 2.24) is 0 Å². The summed E-state index contributed by atoms with van der Waals surface area (Å²) >= 11 is -1.07. The third-order valence-corrected chi connectivity index (χ3v) is 1.29. The summed E-state index contributed by atoms with van der Waals surface area (Å²) in [5, 5.41) is 8.12. The van der Waals surface area contributed by atoms with Crippen LogP contribution in [0.4, 0.5) is 0 Å². The van der Waals surface area contributed by atoms with E-state index in [1.54, 1.807) is 0 Å². The van der Waals surface area contributed by atoms with Crippen LogP contribution in [-0.4, -0.2) is 26.2 Å². The first-order valence-corrected chi connectivity index (χ1v) is 3.17. The molecule has 0 fully saturated rings. The van der Waals surface area contributed by atoms with Gasteiger partial charge in [-0.3, -0.25) is 0 Å². The number of carbonyl (C=O) groups is 1. The Hall–Kier alpha value is -0.458. The van der Waals surface area contributed by atoms with Gasteiger partial charge < -0.3 is 0 Å². The molecule has 0 radical (unpaired) electrons. The molecular weight excluding hydrogens is 123 g/mol. The zero-order valence-electron chi connectivity index (χ0n) is 4.42. The molecule has 0 aromatic heterocycles. The number of carboxylic acids is 1. The van der Waals surface area contributed by atoms with Crippen molar-refractivity contribution < 1.29 is 13.7 Å². The van der Waals surface area contributed by atoms with E-state index < -0.39 is 21.1 Å². The van der Waals surface area contributed by atoms with Crippen LogP contribution >= 0.6 is 0 Å². The summed E-state index contributed by atoms with van der Waals surface area (Å²) in [7, 11) is 0. The van der Waals surface area contributed by atoms with Crippen molar-refractivity contribution >= 4 is 21.1 Å². The van der Waals surface area contributed by atoms with Crippen LogP contribution in [0.3, 0.4) is 0 Å². The number of aliphatic carboxylic acids is 1. The van der Waals surface area contributed by atoms with Crippen LogP contribution in [0.15, 0.2) is 10.5 Å². The molecule has 1 N–H and O–H groups in total. The topological polar surface area (TPSA) is 54.4 Å². The van der Waals surface area contributed by atoms with Gasteiger partial charge in [0.25, 0.3) is 0 Å². The predicted molar refractivity (Wildman–Crippen MR) is 27.8 cm³/mol. The SMILES string of the molecule is CC(=[CH][Al]=[O])C(=O)O. The molecule has 0 unspecified atom stereocenters. The Labute approximate surface area is 52.9 Å². The Balaban J connectivity index is 3.99. The van der Waals surface area contributed by atoms with Gasteiger partial charge in [0.1, 0.15) is 0 Å². The maximum absolute atomic E-state index is 9.90. The van der Waals surface area contributed by atoms with Crippen molar-refractivity contribution in [3.8, 4) is 0 Å². The fourth-order valence-electron chi connectivity index (χ4n) is 0.173. The Kier molecular flexibility index (Phi) is 3.33. The molecule has 0 spiro atoms. The van der Waals surface area contributed by atoms with Gasteiger partial charge in [-0.15, -0.1) is 0 Å². The van der Waals surface area contributed by atoms with Crippen LogP contribution < -0.4 is 0 Å². The van der Waals surface area contributed by atoms with Gasteiger partial charge in [-0.2, -0.15) is 0 Å². The molecule has 0 rings (SSSR count). The van der Waals surface area contributed by atoms with E-state index in [1.807, 2.05) is 0 Å². The molecule has 0 aromatic rings. The van der Waals surface area contributed by atoms with Crippen molar-refractivity contribution in [1.29, 1.82) is 0 Å². The van der Waals surface area contributed by atoms with Gasteiger partial charge >= 0.3 is 52.3 Å². The van der Waals surface area contributed by atoms with E-state index in [0.717, 1.165) is 0 Å². The van der Waals surface area contributed by atoms with Gasteiger partial charge in [0.15, 0.2) is 0 Å². The van der Waals surface area contributed by atoms with Gasteiger partial charge in [-0.05, 0) is 0 Å². The Morgan fingerprint density at radius 1 is 1.75 bits per heavy atom. The van der Waals surface area contributed by atoms with Gasteiger partial charge in [0.2, 0.25) is 0 Å². The summed E-state index contributed by atoms with van der Waals surface area (Å²) in [6.07, 6.45) is 0. The number of rotatable bonds is 2. The average Bonchev–Trinajstić information content (AvgIpc) is 1.67. The third kappa shape index (κ3) is 2.67. The Morgan fingerprint density at radius 2 is 2.25 bits per heavy atom. The molecule has 0 heterocycles. The van der Waals surface area contributed by atoms with E-state index in [1.165, 1.54) is 11.9 Å². The molecule has 0 atom stereocenters. The fourth-order valence-corrected chi connectivity index (χ4v) is 0.520. The summed E-state index contributed by atoms with van der Waals surface area (Å²) in [5.41, 5.74) is 0.148. The summed E-state index contributed by atoms with van der Waals surface area (Å²) < 4.78 is 9.79. The van der Waals surface area contributed by atoms with Crippen LogP contribution in [-0.2, 0) is 8.60 Å². The first kappa shape index (κ1) is 7.54. The Morgan fingerprint density at radius 3 is 2.38 bits per heavy atom. The summed E-state index contributed by atoms with van der Waals surface area (Å²) in [5.74, 6) is -1.01. The standard InChI is InChI=1S/C4H5O2.Al.O/c1-3(2)4(5)6;;/h1H,2H3,(H,5,6);;. The van der Waals surface area contributed by atoms with Crippen LogP contribution in [0.2, 0.25) is 0 Å². The van der Waals surface area contributed by atoms with Crippen LogP contribution in [0.5, 0.6) is 0 Å². The van der Waals surface area contributed by atoms with E-state index in [9.17, 15) is 8.60 Å². The summed E-state index contributed by atoms with van der Waals surface area (Å²) in [6, 6.07) is 0. The molecule has 0 amide bonds. The fraction of sp³-hybridized carbons (Fsp3) is 0.250. The minimum atomic E-state index is -1.07. The molecule has 8 heavy (non-hydrogen) atoms. The first-order chi connectivity index (χ1) is 3.68. The second kappa shape index (κ2) is 3.53. The van der Waals surface area contributed by atoms with E-state index in [4.69, 9.17) is 5.11 Å². The molecule has 0 aromatic carbocycles. The van der Waals surface area contributed by atoms with Crippen molar-refractivity contribution in [3.63, 3.8) is 0 Å². The monoisotopic (exact) mass is 128 g/mol. The summed E-state index contributed by atoms with van der Waals surface area (Å²) in [6.45, 7) is 1.41. The average molecular weight is 128 g/mol. The van der Waals surface area contributed by atoms with E-state index >= 15 is 0 Å². The zero-order valence-corrected chi connectivity index (χ0v) is 5.57. The molecule has 0 saturated heterocycles. The molecule has 4 heteroatoms. The van der Waals surface area contributed by atoms with Gasteiger partial charge in [-0.25, -0.2) is 0 Å². The van der Waals surface area contributed by atoms with E-state index in [2.05, 4.69) is 0 Å². The molecule has 3 nitrogen and oxygen atoms in total. The van der Waals surface area contributed by atoms with E-state index in [-0.39, 0.29) is 5.57 Å². The summed E-state index contributed by atoms with van der Waals surface area (Å²) in [4.78, 5) is 11.1. The second-order valence-corrected chi connectivity index (χ2v) is 1.90. The van der Waals surface area contributed by atoms with Crippen molar-refractivity contribution in [2.24, 2.45) is 0 Å². The van der Waals surface area contributed by atoms with Crippen LogP contribution in [0.25, 0.3) is 0 Å². The molecule has 0 aliphatic heterocycles. The van der Waals surface area contributed by atoms with Crippen LogP contribution in [0, 0.1) is 0 Å². The Bertz CT molecular complexity index is 138. The van der Waals surface area contributed by atoms with Gasteiger partial charge in [0.05, 0.1) is 0 Å². The number of hydrogen-bond donors (Lipinski definition) is 1. The van der Waals surface area contributed by atoms with Crippen LogP contribution in [0.1, 0.15) is 6.92 Å². The van der Waals surface area contributed by atoms with Crippen molar-refractivity contribution in [3.05, 3.63) is 10.5 Å². The molecule has 0 aliphatic rings. The van der Waals surface area contributed by atoms with Gasteiger partial charge in [0, 0.05) is 0 Å². The normalized spacial score (nSPS) is 10.4. The first-order valence-electron chi connectivity index (χ1n) is 2.04. The van der Waals surface area contributed by atoms with E-state index in [0.29, 0.717) is 0 Å². The maximum atomic E-state index is 9.90. The minimum absolute atomic E-state index is 0.148. The number of hydrogen-bond acceptors (Lipinski definition) is 2.